The Labute approximate surface area is 77.6 Å². The van der Waals surface area contributed by atoms with E-state index in [2.05, 4.69) is 9.97 Å². The fourth-order valence-electron chi connectivity index (χ4n) is 1.16. The Morgan fingerprint density at radius 3 is 3.00 bits per heavy atom. The first-order chi connectivity index (χ1) is 6.72. The number of fused-ring (bicyclic) bond motifs is 1. The number of aromatic nitrogens is 2. The molecule has 0 unspecified atom stereocenters. The number of nitrogens with one attached hydrogen (secondary N) is 1. The number of nitriles is 1. The minimum atomic E-state index is -0.669. The molecule has 2 heterocycles. The van der Waals surface area contributed by atoms with Crippen LogP contribution in [0.2, 0.25) is 0 Å². The minimum absolute atomic E-state index is 0.00842. The van der Waals surface area contributed by atoms with Crippen molar-refractivity contribution >= 4 is 11.0 Å². The Bertz CT molecular complexity index is 597. The lowest BCUT2D eigenvalue weighted by Gasteiger charge is -1.96. The van der Waals surface area contributed by atoms with Crippen LogP contribution in [0.25, 0.3) is 11.0 Å². The molecule has 0 amide bonds. The van der Waals surface area contributed by atoms with Crippen LogP contribution >= 0.6 is 0 Å². The van der Waals surface area contributed by atoms with Gasteiger partial charge < -0.3 is 4.98 Å². The van der Waals surface area contributed by atoms with E-state index in [1.54, 1.807) is 6.07 Å². The molecule has 14 heavy (non-hydrogen) atoms. The number of aromatic amines is 1. The molecule has 0 aromatic carbocycles. The number of pyridine rings is 2. The maximum absolute atomic E-state index is 12.7. The van der Waals surface area contributed by atoms with E-state index in [-0.39, 0.29) is 16.6 Å². The number of rotatable bonds is 0. The first kappa shape index (κ1) is 8.38. The summed E-state index contributed by atoms with van der Waals surface area (Å²) in [5.41, 5.74) is -0.298. The molecule has 2 aromatic rings. The first-order valence-corrected chi connectivity index (χ1v) is 3.80. The third-order valence-corrected chi connectivity index (χ3v) is 1.82. The van der Waals surface area contributed by atoms with E-state index >= 15 is 0 Å². The van der Waals surface area contributed by atoms with Crippen molar-refractivity contribution in [2.75, 3.05) is 0 Å². The SMILES string of the molecule is N#Cc1c[nH]c2nc(F)ccc2c1=O. The number of halogens is 1. The highest BCUT2D eigenvalue weighted by Crippen LogP contribution is 2.05. The van der Waals surface area contributed by atoms with Gasteiger partial charge in [-0.3, -0.25) is 4.79 Å². The van der Waals surface area contributed by atoms with Gasteiger partial charge in [-0.1, -0.05) is 0 Å². The van der Waals surface area contributed by atoms with Crippen molar-refractivity contribution in [3.05, 3.63) is 40.1 Å². The van der Waals surface area contributed by atoms with Gasteiger partial charge in [0.2, 0.25) is 11.4 Å². The molecule has 2 aromatic heterocycles. The Kier molecular flexibility index (Phi) is 1.75. The van der Waals surface area contributed by atoms with Gasteiger partial charge in [0.1, 0.15) is 17.3 Å². The van der Waals surface area contributed by atoms with E-state index in [0.717, 1.165) is 6.07 Å². The largest absolute Gasteiger partial charge is 0.344 e. The number of hydrogen-bond acceptors (Lipinski definition) is 3. The van der Waals surface area contributed by atoms with Crippen LogP contribution in [-0.2, 0) is 0 Å². The molecule has 5 heteroatoms. The molecule has 0 aliphatic rings. The lowest BCUT2D eigenvalue weighted by Crippen LogP contribution is -2.08. The predicted octanol–water partition coefficient (Wildman–Crippen LogP) is 0.934. The van der Waals surface area contributed by atoms with Crippen LogP contribution in [-0.4, -0.2) is 9.97 Å². The first-order valence-electron chi connectivity index (χ1n) is 3.80. The van der Waals surface area contributed by atoms with Gasteiger partial charge in [-0.2, -0.15) is 9.65 Å². The van der Waals surface area contributed by atoms with Gasteiger partial charge in [0.25, 0.3) is 0 Å². The molecule has 1 N–H and O–H groups in total. The Morgan fingerprint density at radius 2 is 2.29 bits per heavy atom. The number of nitrogens with zero attached hydrogens (tertiary/aromatic N) is 2. The van der Waals surface area contributed by atoms with Gasteiger partial charge in [-0.05, 0) is 12.1 Å². The summed E-state index contributed by atoms with van der Waals surface area (Å²) in [5.74, 6) is -0.669. The Balaban J connectivity index is 2.93. The lowest BCUT2D eigenvalue weighted by atomic mass is 10.2. The average molecular weight is 189 g/mol. The summed E-state index contributed by atoms with van der Waals surface area (Å²) in [6, 6.07) is 4.12. The summed E-state index contributed by atoms with van der Waals surface area (Å²) >= 11 is 0. The fraction of sp³-hybridized carbons (Fsp3) is 0. The molecule has 0 atom stereocenters. The molecule has 4 nitrogen and oxygen atoms in total. The zero-order chi connectivity index (χ0) is 10.1. The van der Waals surface area contributed by atoms with Gasteiger partial charge >= 0.3 is 0 Å². The highest BCUT2D eigenvalue weighted by Gasteiger charge is 2.05. The Morgan fingerprint density at radius 1 is 1.50 bits per heavy atom. The molecule has 0 saturated carbocycles. The number of hydrogen-bond donors (Lipinski definition) is 1. The molecular weight excluding hydrogens is 185 g/mol. The van der Waals surface area contributed by atoms with Crippen LogP contribution in [0, 0.1) is 17.3 Å². The highest BCUT2D eigenvalue weighted by atomic mass is 19.1. The molecule has 0 saturated heterocycles. The topological polar surface area (TPSA) is 69.5 Å². The summed E-state index contributed by atoms with van der Waals surface area (Å²) in [4.78, 5) is 17.5. The second-order valence-electron chi connectivity index (χ2n) is 2.67. The van der Waals surface area contributed by atoms with Gasteiger partial charge in [0, 0.05) is 6.20 Å². The van der Waals surface area contributed by atoms with E-state index in [1.807, 2.05) is 0 Å². The predicted molar refractivity (Wildman–Crippen MR) is 47.0 cm³/mol. The van der Waals surface area contributed by atoms with E-state index in [0.29, 0.717) is 0 Å². The van der Waals surface area contributed by atoms with Crippen LogP contribution in [0.1, 0.15) is 5.56 Å². The van der Waals surface area contributed by atoms with E-state index in [9.17, 15) is 9.18 Å². The summed E-state index contributed by atoms with van der Waals surface area (Å²) in [5, 5.41) is 8.78. The zero-order valence-corrected chi connectivity index (χ0v) is 6.91. The van der Waals surface area contributed by atoms with Crippen LogP contribution in [0.4, 0.5) is 4.39 Å². The van der Waals surface area contributed by atoms with Gasteiger partial charge in [0.15, 0.2) is 0 Å². The standard InChI is InChI=1S/C9H4FN3O/c10-7-2-1-6-8(14)5(3-11)4-12-9(6)13-7/h1-2,4H,(H,12,13,14). The second-order valence-corrected chi connectivity index (χ2v) is 2.67. The van der Waals surface area contributed by atoms with E-state index in [4.69, 9.17) is 5.26 Å². The van der Waals surface area contributed by atoms with Crippen molar-refractivity contribution in [1.29, 1.82) is 5.26 Å². The lowest BCUT2D eigenvalue weighted by molar-refractivity contribution is 0.588. The summed E-state index contributed by atoms with van der Waals surface area (Å²) in [6.07, 6.45) is 1.22. The van der Waals surface area contributed by atoms with Crippen molar-refractivity contribution < 1.29 is 4.39 Å². The molecule has 2 rings (SSSR count). The van der Waals surface area contributed by atoms with Gasteiger partial charge in [-0.15, -0.1) is 0 Å². The summed E-state index contributed by atoms with van der Waals surface area (Å²) in [7, 11) is 0. The van der Waals surface area contributed by atoms with Crippen molar-refractivity contribution in [1.82, 2.24) is 9.97 Å². The van der Waals surface area contributed by atoms with Crippen LogP contribution in [0.3, 0.4) is 0 Å². The molecule has 0 radical (unpaired) electrons. The summed E-state index contributed by atoms with van der Waals surface area (Å²) < 4.78 is 12.7. The molecule has 0 bridgehead atoms. The van der Waals surface area contributed by atoms with Crippen molar-refractivity contribution in [2.45, 2.75) is 0 Å². The average Bonchev–Trinajstić information content (AvgIpc) is 2.18. The van der Waals surface area contributed by atoms with Gasteiger partial charge in [-0.25, -0.2) is 4.98 Å². The maximum Gasteiger partial charge on any atom is 0.214 e. The molecule has 0 spiro atoms. The van der Waals surface area contributed by atoms with E-state index in [1.165, 1.54) is 12.3 Å². The quantitative estimate of drug-likeness (QED) is 0.627. The second kappa shape index (κ2) is 2.92. The third-order valence-electron chi connectivity index (χ3n) is 1.82. The summed E-state index contributed by atoms with van der Waals surface area (Å²) in [6.45, 7) is 0. The number of H-pyrrole nitrogens is 1. The minimum Gasteiger partial charge on any atom is -0.344 e. The van der Waals surface area contributed by atoms with Crippen molar-refractivity contribution in [2.24, 2.45) is 0 Å². The fourth-order valence-corrected chi connectivity index (χ4v) is 1.16. The highest BCUT2D eigenvalue weighted by molar-refractivity contribution is 5.75. The molecular formula is C9H4FN3O. The Hall–Kier alpha value is -2.22. The normalized spacial score (nSPS) is 10.0. The zero-order valence-electron chi connectivity index (χ0n) is 6.91. The molecule has 68 valence electrons. The third kappa shape index (κ3) is 1.13. The van der Waals surface area contributed by atoms with Crippen LogP contribution in [0.15, 0.2) is 23.1 Å². The van der Waals surface area contributed by atoms with Crippen molar-refractivity contribution in [3.8, 4) is 6.07 Å². The maximum atomic E-state index is 12.7. The molecule has 0 aliphatic carbocycles. The monoisotopic (exact) mass is 189 g/mol. The molecule has 0 fully saturated rings. The van der Waals surface area contributed by atoms with Crippen LogP contribution < -0.4 is 5.43 Å². The van der Waals surface area contributed by atoms with Gasteiger partial charge in [0.05, 0.1) is 5.39 Å². The molecule has 0 aliphatic heterocycles. The van der Waals surface area contributed by atoms with E-state index < -0.39 is 11.4 Å². The van der Waals surface area contributed by atoms with Crippen molar-refractivity contribution in [3.63, 3.8) is 0 Å². The van der Waals surface area contributed by atoms with Crippen LogP contribution in [0.5, 0.6) is 0 Å². The smallest absolute Gasteiger partial charge is 0.214 e.